The molecule has 0 amide bonds. The van der Waals surface area contributed by atoms with Crippen molar-refractivity contribution in [3.63, 3.8) is 0 Å². The molecule has 0 aromatic carbocycles. The van der Waals surface area contributed by atoms with Gasteiger partial charge in [0.2, 0.25) is 0 Å². The summed E-state index contributed by atoms with van der Waals surface area (Å²) in [7, 11) is 0. The SMILES string of the molecule is Cc1sc2nc(CNCc3cncs3)[nH]c(=O)c2c1C. The van der Waals surface area contributed by atoms with Gasteiger partial charge in [0.25, 0.3) is 5.56 Å². The first-order valence-electron chi connectivity index (χ1n) is 6.22. The number of H-pyrrole nitrogens is 1. The van der Waals surface area contributed by atoms with Crippen LogP contribution in [0, 0.1) is 13.8 Å². The number of fused-ring (bicyclic) bond motifs is 1. The van der Waals surface area contributed by atoms with Crippen molar-refractivity contribution in [2.45, 2.75) is 26.9 Å². The highest BCUT2D eigenvalue weighted by Crippen LogP contribution is 2.25. The quantitative estimate of drug-likeness (QED) is 0.776. The van der Waals surface area contributed by atoms with Crippen molar-refractivity contribution in [3.8, 4) is 0 Å². The largest absolute Gasteiger partial charge is 0.309 e. The summed E-state index contributed by atoms with van der Waals surface area (Å²) in [6, 6.07) is 0. The van der Waals surface area contributed by atoms with Crippen LogP contribution in [0.3, 0.4) is 0 Å². The van der Waals surface area contributed by atoms with Crippen LogP contribution in [0.2, 0.25) is 0 Å². The predicted octanol–water partition coefficient (Wildman–Crippen LogP) is 2.35. The Morgan fingerprint density at radius 1 is 1.35 bits per heavy atom. The number of rotatable bonds is 4. The molecule has 0 unspecified atom stereocenters. The maximum Gasteiger partial charge on any atom is 0.259 e. The molecule has 0 spiro atoms. The Kier molecular flexibility index (Phi) is 3.64. The van der Waals surface area contributed by atoms with Gasteiger partial charge in [-0.3, -0.25) is 9.78 Å². The van der Waals surface area contributed by atoms with E-state index in [1.165, 1.54) is 0 Å². The molecular formula is C13H14N4OS2. The van der Waals surface area contributed by atoms with Crippen molar-refractivity contribution in [2.75, 3.05) is 0 Å². The Labute approximate surface area is 123 Å². The second-order valence-corrected chi connectivity index (χ2v) is 6.72. The maximum atomic E-state index is 12.1. The normalized spacial score (nSPS) is 11.3. The Morgan fingerprint density at radius 2 is 2.20 bits per heavy atom. The lowest BCUT2D eigenvalue weighted by Crippen LogP contribution is -2.18. The van der Waals surface area contributed by atoms with E-state index in [1.54, 1.807) is 28.2 Å². The molecule has 3 aromatic heterocycles. The Morgan fingerprint density at radius 3 is 2.95 bits per heavy atom. The minimum Gasteiger partial charge on any atom is -0.309 e. The zero-order valence-corrected chi connectivity index (χ0v) is 12.8. The van der Waals surface area contributed by atoms with Crippen molar-refractivity contribution in [1.82, 2.24) is 20.3 Å². The van der Waals surface area contributed by atoms with Gasteiger partial charge in [0, 0.05) is 22.5 Å². The molecule has 0 saturated carbocycles. The van der Waals surface area contributed by atoms with Crippen LogP contribution in [0.4, 0.5) is 0 Å². The van der Waals surface area contributed by atoms with E-state index >= 15 is 0 Å². The fourth-order valence-corrected chi connectivity index (χ4v) is 3.63. The molecule has 0 bridgehead atoms. The van der Waals surface area contributed by atoms with Gasteiger partial charge in [0.1, 0.15) is 10.7 Å². The Hall–Kier alpha value is -1.57. The van der Waals surface area contributed by atoms with Gasteiger partial charge in [-0.05, 0) is 19.4 Å². The van der Waals surface area contributed by atoms with Gasteiger partial charge < -0.3 is 10.3 Å². The second-order valence-electron chi connectivity index (χ2n) is 4.55. The predicted molar refractivity (Wildman–Crippen MR) is 82.4 cm³/mol. The van der Waals surface area contributed by atoms with Gasteiger partial charge >= 0.3 is 0 Å². The summed E-state index contributed by atoms with van der Waals surface area (Å²) in [5, 5.41) is 3.98. The summed E-state index contributed by atoms with van der Waals surface area (Å²) < 4.78 is 0. The van der Waals surface area contributed by atoms with E-state index in [2.05, 4.69) is 20.3 Å². The minimum atomic E-state index is -0.0496. The van der Waals surface area contributed by atoms with Crippen molar-refractivity contribution in [3.05, 3.63) is 43.2 Å². The molecule has 20 heavy (non-hydrogen) atoms. The van der Waals surface area contributed by atoms with Crippen LogP contribution >= 0.6 is 22.7 Å². The van der Waals surface area contributed by atoms with Gasteiger partial charge in [-0.15, -0.1) is 22.7 Å². The van der Waals surface area contributed by atoms with Gasteiger partial charge in [-0.1, -0.05) is 0 Å². The van der Waals surface area contributed by atoms with E-state index in [1.807, 2.05) is 20.0 Å². The number of thiazole rings is 1. The van der Waals surface area contributed by atoms with Gasteiger partial charge in [-0.2, -0.15) is 0 Å². The lowest BCUT2D eigenvalue weighted by atomic mass is 10.2. The highest BCUT2D eigenvalue weighted by molar-refractivity contribution is 7.18. The monoisotopic (exact) mass is 306 g/mol. The molecule has 0 radical (unpaired) electrons. The fourth-order valence-electron chi connectivity index (χ4n) is 2.02. The van der Waals surface area contributed by atoms with Gasteiger partial charge in [0.15, 0.2) is 0 Å². The van der Waals surface area contributed by atoms with Gasteiger partial charge in [-0.25, -0.2) is 4.98 Å². The number of aromatic amines is 1. The number of nitrogens with one attached hydrogen (secondary N) is 2. The molecule has 0 aliphatic rings. The maximum absolute atomic E-state index is 12.1. The summed E-state index contributed by atoms with van der Waals surface area (Å²) in [6.07, 6.45) is 1.84. The number of thiophene rings is 1. The third-order valence-electron chi connectivity index (χ3n) is 3.16. The summed E-state index contributed by atoms with van der Waals surface area (Å²) in [6.45, 7) is 5.25. The summed E-state index contributed by atoms with van der Waals surface area (Å²) >= 11 is 3.18. The molecule has 0 atom stereocenters. The molecule has 3 aromatic rings. The van der Waals surface area contributed by atoms with Crippen LogP contribution in [0.5, 0.6) is 0 Å². The van der Waals surface area contributed by atoms with Crippen molar-refractivity contribution in [2.24, 2.45) is 0 Å². The lowest BCUT2D eigenvalue weighted by molar-refractivity contribution is 0.669. The lowest BCUT2D eigenvalue weighted by Gasteiger charge is -2.02. The van der Waals surface area contributed by atoms with Crippen LogP contribution in [-0.2, 0) is 13.1 Å². The average molecular weight is 306 g/mol. The molecule has 0 aliphatic heterocycles. The molecule has 0 aliphatic carbocycles. The first-order chi connectivity index (χ1) is 9.65. The highest BCUT2D eigenvalue weighted by atomic mass is 32.1. The molecule has 2 N–H and O–H groups in total. The second kappa shape index (κ2) is 5.43. The molecule has 0 saturated heterocycles. The van der Waals surface area contributed by atoms with Gasteiger partial charge in [0.05, 0.1) is 17.4 Å². The molecule has 5 nitrogen and oxygen atoms in total. The third kappa shape index (κ3) is 2.52. The zero-order chi connectivity index (χ0) is 14.1. The molecule has 104 valence electrons. The van der Waals surface area contributed by atoms with Crippen LogP contribution < -0.4 is 10.9 Å². The standard InChI is InChI=1S/C13H14N4OS2/c1-7-8(2)20-13-11(7)12(18)16-10(17-13)5-14-3-9-4-15-6-19-9/h4,6,14H,3,5H2,1-2H3,(H,16,17,18). The minimum absolute atomic E-state index is 0.0496. The first-order valence-corrected chi connectivity index (χ1v) is 7.91. The van der Waals surface area contributed by atoms with E-state index in [9.17, 15) is 4.79 Å². The third-order valence-corrected chi connectivity index (χ3v) is 5.04. The molecule has 3 heterocycles. The Balaban J connectivity index is 1.80. The van der Waals surface area contributed by atoms with Crippen LogP contribution in [0.25, 0.3) is 10.2 Å². The van der Waals surface area contributed by atoms with Crippen molar-refractivity contribution < 1.29 is 0 Å². The number of aryl methyl sites for hydroxylation is 2. The molecule has 0 fully saturated rings. The Bertz CT molecular complexity index is 789. The van der Waals surface area contributed by atoms with E-state index in [0.29, 0.717) is 12.4 Å². The number of aromatic nitrogens is 3. The number of hydrogen-bond donors (Lipinski definition) is 2. The topological polar surface area (TPSA) is 70.7 Å². The van der Waals surface area contributed by atoms with Crippen LogP contribution in [0.1, 0.15) is 21.1 Å². The smallest absolute Gasteiger partial charge is 0.259 e. The molecule has 7 heteroatoms. The van der Waals surface area contributed by atoms with Crippen molar-refractivity contribution >= 4 is 32.9 Å². The van der Waals surface area contributed by atoms with Crippen LogP contribution in [0.15, 0.2) is 16.5 Å². The zero-order valence-electron chi connectivity index (χ0n) is 11.2. The van der Waals surface area contributed by atoms with E-state index in [0.717, 1.165) is 32.1 Å². The number of hydrogen-bond acceptors (Lipinski definition) is 6. The van der Waals surface area contributed by atoms with Crippen LogP contribution in [-0.4, -0.2) is 15.0 Å². The fraction of sp³-hybridized carbons (Fsp3) is 0.308. The number of nitrogens with zero attached hydrogens (tertiary/aromatic N) is 2. The van der Waals surface area contributed by atoms with E-state index in [4.69, 9.17) is 0 Å². The summed E-state index contributed by atoms with van der Waals surface area (Å²) in [4.78, 5) is 26.6. The summed E-state index contributed by atoms with van der Waals surface area (Å²) in [5.74, 6) is 0.674. The first kappa shape index (κ1) is 13.4. The van der Waals surface area contributed by atoms with E-state index < -0.39 is 0 Å². The molecule has 3 rings (SSSR count). The van der Waals surface area contributed by atoms with Crippen molar-refractivity contribution in [1.29, 1.82) is 0 Å². The van der Waals surface area contributed by atoms with E-state index in [-0.39, 0.29) is 5.56 Å². The molecular weight excluding hydrogens is 292 g/mol. The summed E-state index contributed by atoms with van der Waals surface area (Å²) in [5.41, 5.74) is 2.79. The average Bonchev–Trinajstić information content (AvgIpc) is 2.99. The highest BCUT2D eigenvalue weighted by Gasteiger charge is 2.11.